The molecule has 2 N–H and O–H groups in total. The van der Waals surface area contributed by atoms with E-state index in [1.54, 1.807) is 4.90 Å². The lowest BCUT2D eigenvalue weighted by molar-refractivity contribution is 0.0661. The monoisotopic (exact) mass is 360 g/mol. The minimum Gasteiger partial charge on any atom is -0.338 e. The van der Waals surface area contributed by atoms with E-state index in [1.165, 1.54) is 24.3 Å². The van der Waals surface area contributed by atoms with Crippen LogP contribution in [0.15, 0.2) is 24.3 Å². The van der Waals surface area contributed by atoms with E-state index in [2.05, 4.69) is 0 Å². The molecule has 2 unspecified atom stereocenters. The molecule has 1 aliphatic heterocycles. The zero-order chi connectivity index (χ0) is 17.9. The zero-order valence-corrected chi connectivity index (χ0v) is 14.3. The maximum atomic E-state index is 12.5. The number of nitrogens with two attached hydrogens (primary N) is 1. The lowest BCUT2D eigenvalue weighted by Crippen LogP contribution is -2.45. The van der Waals surface area contributed by atoms with Gasteiger partial charge in [-0.15, -0.1) is 0 Å². The Labute approximate surface area is 140 Å². The molecule has 0 spiro atoms. The average molecular weight is 360 g/mol. The molecule has 0 aromatic heterocycles. The Bertz CT molecular complexity index is 675. The van der Waals surface area contributed by atoms with Crippen molar-refractivity contribution in [1.82, 2.24) is 4.90 Å². The van der Waals surface area contributed by atoms with Crippen LogP contribution in [-0.4, -0.2) is 44.1 Å². The van der Waals surface area contributed by atoms with Crippen LogP contribution in [-0.2, 0) is 15.6 Å². The fourth-order valence-electron chi connectivity index (χ4n) is 2.85. The number of carbonyl (C=O) groups is 1. The summed E-state index contributed by atoms with van der Waals surface area (Å²) in [6.07, 6.45) is 1.88. The van der Waals surface area contributed by atoms with Gasteiger partial charge < -0.3 is 10.6 Å². The molecule has 0 radical (unpaired) electrons. The summed E-state index contributed by atoms with van der Waals surface area (Å²) in [7, 11) is -4.46. The van der Waals surface area contributed by atoms with Gasteiger partial charge in [0.1, 0.15) is 0 Å². The molecule has 1 saturated heterocycles. The molecule has 2 rings (SSSR count). The van der Waals surface area contributed by atoms with Crippen LogP contribution in [0.1, 0.15) is 35.7 Å². The highest BCUT2D eigenvalue weighted by molar-refractivity contribution is 7.90. The molecule has 1 aliphatic rings. The minimum absolute atomic E-state index is 0.0162. The van der Waals surface area contributed by atoms with Gasteiger partial charge >= 0.3 is 5.76 Å². The molecule has 1 aromatic rings. The van der Waals surface area contributed by atoms with Crippen LogP contribution in [0.5, 0.6) is 0 Å². The number of sulfone groups is 1. The number of hydrogen-bond donors (Lipinski definition) is 1. The summed E-state index contributed by atoms with van der Waals surface area (Å²) >= 11 is 0. The molecule has 134 valence electrons. The number of amides is 1. The van der Waals surface area contributed by atoms with Gasteiger partial charge in [-0.25, -0.2) is 8.42 Å². The lowest BCUT2D eigenvalue weighted by atomic mass is 9.92. The van der Waals surface area contributed by atoms with Crippen molar-refractivity contribution in [1.29, 1.82) is 0 Å². The van der Waals surface area contributed by atoms with Crippen LogP contribution in [0.2, 0.25) is 0 Å². The van der Waals surface area contributed by atoms with Gasteiger partial charge in [0.2, 0.25) is 9.84 Å². The van der Waals surface area contributed by atoms with Crippen molar-refractivity contribution in [3.63, 3.8) is 0 Å². The van der Waals surface area contributed by atoms with Crippen molar-refractivity contribution in [3.8, 4) is 0 Å². The number of benzene rings is 1. The molecule has 24 heavy (non-hydrogen) atoms. The van der Waals surface area contributed by atoms with Crippen molar-refractivity contribution in [2.45, 2.75) is 37.3 Å². The molecule has 1 fully saturated rings. The third-order valence-corrected chi connectivity index (χ3v) is 5.61. The largest absolute Gasteiger partial charge is 0.338 e. The number of alkyl halides is 2. The standard InChI is InChI=1S/C16H22F2N2O3S/c1-11(19)14-3-2-8-20(9-14)15(21)13-6-4-12(5-7-13)10-24(22,23)16(17)18/h4-7,11,14,16H,2-3,8-10,19H2,1H3. The molecular formula is C16H22F2N2O3S. The Morgan fingerprint density at radius 2 is 1.96 bits per heavy atom. The number of nitrogens with zero attached hydrogens (tertiary/aromatic N) is 1. The predicted octanol–water partition coefficient (Wildman–Crippen LogP) is 2.02. The van der Waals surface area contributed by atoms with E-state index in [0.717, 1.165) is 12.8 Å². The Morgan fingerprint density at radius 3 is 2.50 bits per heavy atom. The van der Waals surface area contributed by atoms with Crippen molar-refractivity contribution in [2.75, 3.05) is 13.1 Å². The van der Waals surface area contributed by atoms with Crippen LogP contribution in [0.25, 0.3) is 0 Å². The highest BCUT2D eigenvalue weighted by Crippen LogP contribution is 2.21. The van der Waals surface area contributed by atoms with E-state index in [4.69, 9.17) is 5.73 Å². The Kier molecular flexibility index (Phi) is 5.92. The van der Waals surface area contributed by atoms with Gasteiger partial charge in [-0.1, -0.05) is 12.1 Å². The molecule has 0 aliphatic carbocycles. The highest BCUT2D eigenvalue weighted by atomic mass is 32.2. The summed E-state index contributed by atoms with van der Waals surface area (Å²) in [5.41, 5.74) is 6.57. The predicted molar refractivity (Wildman–Crippen MR) is 87.3 cm³/mol. The molecule has 1 aromatic carbocycles. The lowest BCUT2D eigenvalue weighted by Gasteiger charge is -2.34. The molecule has 2 atom stereocenters. The number of rotatable bonds is 5. The maximum absolute atomic E-state index is 12.5. The molecule has 0 bridgehead atoms. The van der Waals surface area contributed by atoms with E-state index in [0.29, 0.717) is 18.7 Å². The van der Waals surface area contributed by atoms with Crippen LogP contribution in [0, 0.1) is 5.92 Å². The summed E-state index contributed by atoms with van der Waals surface area (Å²) in [5, 5.41) is 0. The van der Waals surface area contributed by atoms with Crippen LogP contribution in [0.3, 0.4) is 0 Å². The van der Waals surface area contributed by atoms with Gasteiger partial charge in [0, 0.05) is 24.7 Å². The number of carbonyl (C=O) groups excluding carboxylic acids is 1. The minimum atomic E-state index is -4.46. The SMILES string of the molecule is CC(N)C1CCCN(C(=O)c2ccc(CS(=O)(=O)C(F)F)cc2)C1. The van der Waals surface area contributed by atoms with E-state index in [-0.39, 0.29) is 23.4 Å². The summed E-state index contributed by atoms with van der Waals surface area (Å²) in [4.78, 5) is 14.3. The number of likely N-dealkylation sites (tertiary alicyclic amines) is 1. The van der Waals surface area contributed by atoms with Crippen molar-refractivity contribution in [3.05, 3.63) is 35.4 Å². The summed E-state index contributed by atoms with van der Waals surface area (Å²) < 4.78 is 47.2. The second-order valence-corrected chi connectivity index (χ2v) is 8.25. The Hall–Kier alpha value is -1.54. The van der Waals surface area contributed by atoms with Gasteiger partial charge in [0.15, 0.2) is 0 Å². The second kappa shape index (κ2) is 7.57. The number of hydrogen-bond acceptors (Lipinski definition) is 4. The first-order chi connectivity index (χ1) is 11.2. The third-order valence-electron chi connectivity index (χ3n) is 4.33. The fourth-order valence-corrected chi connectivity index (χ4v) is 3.63. The zero-order valence-electron chi connectivity index (χ0n) is 13.5. The third kappa shape index (κ3) is 4.51. The smallest absolute Gasteiger partial charge is 0.337 e. The topological polar surface area (TPSA) is 80.5 Å². The Morgan fingerprint density at radius 1 is 1.33 bits per heavy atom. The van der Waals surface area contributed by atoms with Gasteiger partial charge in [-0.05, 0) is 43.4 Å². The van der Waals surface area contributed by atoms with E-state index >= 15 is 0 Å². The van der Waals surface area contributed by atoms with Crippen molar-refractivity contribution < 1.29 is 22.0 Å². The average Bonchev–Trinajstić information content (AvgIpc) is 2.54. The summed E-state index contributed by atoms with van der Waals surface area (Å²) in [5.74, 6) is -4.03. The molecule has 5 nitrogen and oxygen atoms in total. The second-order valence-electron chi connectivity index (χ2n) is 6.28. The highest BCUT2D eigenvalue weighted by Gasteiger charge is 2.27. The summed E-state index contributed by atoms with van der Waals surface area (Å²) in [6.45, 7) is 3.18. The molecule has 1 heterocycles. The molecule has 1 amide bonds. The number of halogens is 2. The quantitative estimate of drug-likeness (QED) is 0.871. The van der Waals surface area contributed by atoms with Gasteiger partial charge in [0.25, 0.3) is 5.91 Å². The first-order valence-electron chi connectivity index (χ1n) is 7.84. The van der Waals surface area contributed by atoms with Crippen LogP contribution < -0.4 is 5.73 Å². The maximum Gasteiger partial charge on any atom is 0.337 e. The van der Waals surface area contributed by atoms with Crippen LogP contribution >= 0.6 is 0 Å². The normalized spacial score (nSPS) is 20.2. The van der Waals surface area contributed by atoms with E-state index in [1.807, 2.05) is 6.92 Å². The van der Waals surface area contributed by atoms with Gasteiger partial charge in [-0.2, -0.15) is 8.78 Å². The first kappa shape index (κ1) is 18.8. The van der Waals surface area contributed by atoms with Crippen LogP contribution in [0.4, 0.5) is 8.78 Å². The van der Waals surface area contributed by atoms with E-state index in [9.17, 15) is 22.0 Å². The Balaban J connectivity index is 2.06. The number of piperidine rings is 1. The van der Waals surface area contributed by atoms with E-state index < -0.39 is 21.3 Å². The molecule has 0 saturated carbocycles. The van der Waals surface area contributed by atoms with Gasteiger partial charge in [0.05, 0.1) is 5.75 Å². The summed E-state index contributed by atoms with van der Waals surface area (Å²) in [6, 6.07) is 5.78. The fraction of sp³-hybridized carbons (Fsp3) is 0.562. The molecular weight excluding hydrogens is 338 g/mol. The van der Waals surface area contributed by atoms with Crippen molar-refractivity contribution in [2.24, 2.45) is 11.7 Å². The first-order valence-corrected chi connectivity index (χ1v) is 9.56. The van der Waals surface area contributed by atoms with Gasteiger partial charge in [-0.3, -0.25) is 4.79 Å². The molecule has 8 heteroatoms. The van der Waals surface area contributed by atoms with Crippen molar-refractivity contribution >= 4 is 15.7 Å².